The Morgan fingerprint density at radius 1 is 0.611 bits per heavy atom. The van der Waals surface area contributed by atoms with Crippen LogP contribution in [0.25, 0.3) is 0 Å². The molecule has 25 heteroatoms. The van der Waals surface area contributed by atoms with Crippen LogP contribution in [-0.4, -0.2) is 137 Å². The van der Waals surface area contributed by atoms with Crippen molar-refractivity contribution in [1.82, 2.24) is 37.2 Å². The highest BCUT2D eigenvalue weighted by Crippen LogP contribution is 2.25. The molecule has 3 aromatic rings. The third-order valence-corrected chi connectivity index (χ3v) is 9.65. The summed E-state index contributed by atoms with van der Waals surface area (Å²) in [5.74, 6) is -5.00. The summed E-state index contributed by atoms with van der Waals surface area (Å²) in [5.41, 5.74) is 19.7. The first-order valence-corrected chi connectivity index (χ1v) is 22.9. The number of carbonyl (C=O) groups is 7. The van der Waals surface area contributed by atoms with Crippen molar-refractivity contribution in [3.05, 3.63) is 107 Å². The van der Waals surface area contributed by atoms with Gasteiger partial charge in [-0.3, -0.25) is 29.5 Å². The van der Waals surface area contributed by atoms with E-state index in [1.807, 2.05) is 84.9 Å². The number of ether oxygens (including phenoxy) is 3. The number of nitrogens with two attached hydrogens (primary N) is 3. The maximum atomic E-state index is 14.0. The average molecular weight is 1020 g/mol. The fourth-order valence-electron chi connectivity index (χ4n) is 6.05. The second-order valence-electron chi connectivity index (χ2n) is 15.3. The van der Waals surface area contributed by atoms with Crippen LogP contribution in [0.15, 0.2) is 89.9 Å². The zero-order valence-electron chi connectivity index (χ0n) is 39.8. The molecule has 0 unspecified atom stereocenters. The maximum Gasteiger partial charge on any atom is 0.490 e. The average Bonchev–Trinajstić information content (AvgIpc) is 3.35. The number of nitrogens with one attached hydrogen (secondary N) is 7. The van der Waals surface area contributed by atoms with Crippen LogP contribution in [0.1, 0.15) is 60.3 Å². The predicted molar refractivity (Wildman–Crippen MR) is 259 cm³/mol. The number of aliphatic imine (C=N–C) groups is 1. The van der Waals surface area contributed by atoms with E-state index in [9.17, 15) is 41.9 Å². The Bertz CT molecular complexity index is 2080. The number of amides is 8. The van der Waals surface area contributed by atoms with Crippen molar-refractivity contribution < 1.29 is 66.1 Å². The molecular formula is C47H66F3N11O11. The van der Waals surface area contributed by atoms with Gasteiger partial charge in [-0.05, 0) is 48.1 Å². The van der Waals surface area contributed by atoms with Crippen molar-refractivity contribution in [3.63, 3.8) is 0 Å². The number of nitrogens with zero attached hydrogens (tertiary/aromatic N) is 1. The van der Waals surface area contributed by atoms with E-state index < -0.39 is 42.1 Å². The Morgan fingerprint density at radius 2 is 1.10 bits per heavy atom. The largest absolute Gasteiger partial charge is 0.490 e. The standard InChI is InChI=1S/C45H65N11O9.C2HF3O2/c46-20-8-25-63-27-29-65-30-28-64-26-24-50-39(58)19-18-38(57)49-22-23-52-45(62)56-43(47)51-21-7-13-37(41(59)53-31-33-14-16-34(17-15-33)32-54-44(48)61)55-42(60)40(35-9-3-1-4-10-35)36-11-5-2-6-12-36;3-2(4,5)1(6)7/h1-6,9-12,14-17,37,40H,7-8,13,18-32,46H2,(H,49,57)(H,50,58)(H,53,59)(H,55,60)(H3,48,54,61)(H4,47,51,52,56,62);(H,6,7)/t37-;/m0./s1. The minimum Gasteiger partial charge on any atom is -0.475 e. The summed E-state index contributed by atoms with van der Waals surface area (Å²) in [6.45, 7) is 4.33. The fourth-order valence-corrected chi connectivity index (χ4v) is 6.05. The van der Waals surface area contributed by atoms with E-state index in [4.69, 9.17) is 41.3 Å². The summed E-state index contributed by atoms with van der Waals surface area (Å²) in [7, 11) is 0. The Morgan fingerprint density at radius 3 is 1.61 bits per heavy atom. The number of primary amides is 1. The summed E-state index contributed by atoms with van der Waals surface area (Å²) in [5, 5.41) is 25.8. The highest BCUT2D eigenvalue weighted by Gasteiger charge is 2.38. The van der Waals surface area contributed by atoms with Gasteiger partial charge in [0.05, 0.1) is 39.0 Å². The molecule has 3 aromatic carbocycles. The Hall–Kier alpha value is -7.35. The van der Waals surface area contributed by atoms with Gasteiger partial charge in [0.25, 0.3) is 0 Å². The van der Waals surface area contributed by atoms with E-state index in [1.165, 1.54) is 0 Å². The fraction of sp³-hybridized carbons (Fsp3) is 0.447. The molecule has 1 atom stereocenters. The molecule has 3 rings (SSSR count). The predicted octanol–water partition coefficient (Wildman–Crippen LogP) is 1.23. The van der Waals surface area contributed by atoms with Crippen LogP contribution in [0, 0.1) is 0 Å². The van der Waals surface area contributed by atoms with Crippen molar-refractivity contribution in [2.45, 2.75) is 63.3 Å². The molecule has 0 aromatic heterocycles. The van der Waals surface area contributed by atoms with Gasteiger partial charge in [-0.25, -0.2) is 14.4 Å². The zero-order chi connectivity index (χ0) is 53.0. The lowest BCUT2D eigenvalue weighted by Crippen LogP contribution is -2.48. The van der Waals surface area contributed by atoms with Gasteiger partial charge < -0.3 is 68.4 Å². The number of benzene rings is 3. The molecule has 14 N–H and O–H groups in total. The highest BCUT2D eigenvalue weighted by atomic mass is 19.4. The number of urea groups is 2. The second kappa shape index (κ2) is 35.7. The molecule has 8 amide bonds. The molecule has 72 heavy (non-hydrogen) atoms. The van der Waals surface area contributed by atoms with E-state index in [0.717, 1.165) is 28.7 Å². The first-order chi connectivity index (χ1) is 34.5. The number of carbonyl (C=O) groups excluding carboxylic acids is 6. The SMILES string of the molecule is NCCCOCCOCCOCCNC(=O)CCC(=O)NCCNC(=O)NC(N)=NCCC[C@H](NC(=O)C(c1ccccc1)c1ccccc1)C(=O)NCc1ccc(CNC(N)=O)cc1.O=C(O)C(F)(F)F. The third-order valence-electron chi connectivity index (χ3n) is 9.65. The quantitative estimate of drug-likeness (QED) is 0.0246. The first-order valence-electron chi connectivity index (χ1n) is 22.9. The zero-order valence-corrected chi connectivity index (χ0v) is 39.8. The minimum atomic E-state index is -5.08. The van der Waals surface area contributed by atoms with Crippen molar-refractivity contribution in [3.8, 4) is 0 Å². The third kappa shape index (κ3) is 28.3. The van der Waals surface area contributed by atoms with Gasteiger partial charge >= 0.3 is 24.2 Å². The Kier molecular flexibility index (Phi) is 30.1. The lowest BCUT2D eigenvalue weighted by Gasteiger charge is -2.23. The minimum absolute atomic E-state index is 0.00582. The first kappa shape index (κ1) is 60.8. The van der Waals surface area contributed by atoms with Gasteiger partial charge in [-0.2, -0.15) is 13.2 Å². The van der Waals surface area contributed by atoms with Crippen LogP contribution in [-0.2, 0) is 51.3 Å². The summed E-state index contributed by atoms with van der Waals surface area (Å²) in [6.07, 6.45) is -3.78. The van der Waals surface area contributed by atoms with Crippen LogP contribution in [0.4, 0.5) is 22.8 Å². The van der Waals surface area contributed by atoms with Gasteiger partial charge in [-0.15, -0.1) is 0 Å². The summed E-state index contributed by atoms with van der Waals surface area (Å²) >= 11 is 0. The Balaban J connectivity index is 0.00000235. The van der Waals surface area contributed by atoms with Crippen molar-refractivity contribution in [2.75, 3.05) is 72.4 Å². The molecule has 0 heterocycles. The second-order valence-corrected chi connectivity index (χ2v) is 15.3. The van der Waals surface area contributed by atoms with Gasteiger partial charge in [0.1, 0.15) is 6.04 Å². The van der Waals surface area contributed by atoms with Gasteiger partial charge in [0, 0.05) is 58.7 Å². The van der Waals surface area contributed by atoms with Crippen molar-refractivity contribution >= 4 is 47.6 Å². The Labute approximate surface area is 415 Å². The van der Waals surface area contributed by atoms with Crippen LogP contribution in [0.5, 0.6) is 0 Å². The lowest BCUT2D eigenvalue weighted by atomic mass is 9.90. The number of aliphatic carboxylic acids is 1. The summed E-state index contributed by atoms with van der Waals surface area (Å²) < 4.78 is 47.9. The van der Waals surface area contributed by atoms with E-state index >= 15 is 0 Å². The number of guanidine groups is 1. The molecule has 0 aliphatic rings. The number of carboxylic acid groups (broad SMARTS) is 1. The topological polar surface area (TPSA) is 342 Å². The van der Waals surface area contributed by atoms with Gasteiger partial charge in [-0.1, -0.05) is 84.9 Å². The van der Waals surface area contributed by atoms with E-state index in [0.29, 0.717) is 59.2 Å². The van der Waals surface area contributed by atoms with E-state index in [-0.39, 0.29) is 75.7 Å². The number of carboxylic acids is 1. The molecule has 0 saturated carbocycles. The van der Waals surface area contributed by atoms with Crippen molar-refractivity contribution in [2.24, 2.45) is 22.2 Å². The summed E-state index contributed by atoms with van der Waals surface area (Å²) in [4.78, 5) is 88.4. The molecule has 0 bridgehead atoms. The monoisotopic (exact) mass is 1020 g/mol. The molecule has 0 aliphatic heterocycles. The number of hydrogen-bond acceptors (Lipinski definition) is 12. The molecule has 0 fully saturated rings. The molecular weight excluding hydrogens is 952 g/mol. The van der Waals surface area contributed by atoms with Crippen LogP contribution in [0.2, 0.25) is 0 Å². The summed E-state index contributed by atoms with van der Waals surface area (Å²) in [6, 6.07) is 23.6. The normalized spacial score (nSPS) is 11.5. The molecule has 396 valence electrons. The van der Waals surface area contributed by atoms with E-state index in [1.54, 1.807) is 0 Å². The molecule has 0 spiro atoms. The number of halogens is 3. The van der Waals surface area contributed by atoms with Crippen LogP contribution < -0.4 is 54.4 Å². The number of alkyl halides is 3. The number of hydrogen-bond donors (Lipinski definition) is 11. The van der Waals surface area contributed by atoms with Crippen LogP contribution in [0.3, 0.4) is 0 Å². The molecule has 0 aliphatic carbocycles. The molecule has 0 saturated heterocycles. The van der Waals surface area contributed by atoms with Gasteiger partial charge in [0.2, 0.25) is 23.6 Å². The van der Waals surface area contributed by atoms with Crippen LogP contribution >= 0.6 is 0 Å². The van der Waals surface area contributed by atoms with Crippen molar-refractivity contribution in [1.29, 1.82) is 0 Å². The molecule has 22 nitrogen and oxygen atoms in total. The maximum absolute atomic E-state index is 14.0. The lowest BCUT2D eigenvalue weighted by molar-refractivity contribution is -0.192. The smallest absolute Gasteiger partial charge is 0.475 e. The van der Waals surface area contributed by atoms with E-state index in [2.05, 4.69) is 42.2 Å². The highest BCUT2D eigenvalue weighted by molar-refractivity contribution is 5.95. The number of rotatable bonds is 31. The molecule has 0 radical (unpaired) electrons. The van der Waals surface area contributed by atoms with Gasteiger partial charge in [0.15, 0.2) is 5.96 Å².